The minimum atomic E-state index is 0.117. The monoisotopic (exact) mass is 284 g/mol. The lowest BCUT2D eigenvalue weighted by molar-refractivity contribution is -0.120. The van der Waals surface area contributed by atoms with Crippen molar-refractivity contribution in [2.75, 3.05) is 6.54 Å². The molecule has 3 nitrogen and oxygen atoms in total. The van der Waals surface area contributed by atoms with Crippen LogP contribution < -0.4 is 10.6 Å². The maximum Gasteiger partial charge on any atom is 0.234 e. The van der Waals surface area contributed by atoms with E-state index in [1.807, 2.05) is 0 Å². The fourth-order valence-corrected chi connectivity index (χ4v) is 3.84. The van der Waals surface area contributed by atoms with Crippen LogP contribution in [0.15, 0.2) is 6.07 Å². The lowest BCUT2D eigenvalue weighted by Gasteiger charge is -2.23. The molecule has 2 N–H and O–H groups in total. The molecule has 1 fully saturated rings. The Morgan fingerprint density at radius 1 is 1.44 bits per heavy atom. The number of rotatable bonds is 4. The van der Waals surface area contributed by atoms with Crippen LogP contribution in [-0.4, -0.2) is 18.5 Å². The van der Waals surface area contributed by atoms with E-state index in [0.717, 1.165) is 30.0 Å². The van der Waals surface area contributed by atoms with Gasteiger partial charge in [-0.25, -0.2) is 0 Å². The van der Waals surface area contributed by atoms with Crippen LogP contribution in [0.1, 0.15) is 42.2 Å². The summed E-state index contributed by atoms with van der Waals surface area (Å²) in [6, 6.07) is 2.79. The van der Waals surface area contributed by atoms with Gasteiger partial charge in [-0.1, -0.05) is 11.6 Å². The molecule has 0 radical (unpaired) electrons. The van der Waals surface area contributed by atoms with Gasteiger partial charge in [0.1, 0.15) is 0 Å². The molecule has 1 aromatic heterocycles. The van der Waals surface area contributed by atoms with Crippen LogP contribution in [0.5, 0.6) is 0 Å². The summed E-state index contributed by atoms with van der Waals surface area (Å²) in [7, 11) is 0. The number of hydrogen-bond donors (Lipinski definition) is 2. The molecule has 0 aromatic carbocycles. The van der Waals surface area contributed by atoms with E-state index in [0.29, 0.717) is 18.6 Å². The van der Waals surface area contributed by atoms with Crippen molar-refractivity contribution in [1.82, 2.24) is 10.6 Å². The lowest BCUT2D eigenvalue weighted by Crippen LogP contribution is -2.37. The number of carbonyl (C=O) groups is 1. The van der Waals surface area contributed by atoms with E-state index in [9.17, 15) is 4.79 Å². The number of carbonyl (C=O) groups excluding carboxylic acids is 1. The molecule has 3 rings (SSSR count). The zero-order valence-electron chi connectivity index (χ0n) is 10.2. The Morgan fingerprint density at radius 3 is 3.06 bits per heavy atom. The maximum atomic E-state index is 11.7. The summed E-state index contributed by atoms with van der Waals surface area (Å²) in [5.74, 6) is 0.117. The van der Waals surface area contributed by atoms with Crippen molar-refractivity contribution >= 4 is 28.8 Å². The largest absolute Gasteiger partial charge is 0.352 e. The molecule has 1 unspecified atom stereocenters. The highest BCUT2D eigenvalue weighted by Gasteiger charge is 2.25. The first kappa shape index (κ1) is 12.5. The zero-order valence-corrected chi connectivity index (χ0v) is 11.7. The average molecular weight is 285 g/mol. The van der Waals surface area contributed by atoms with Gasteiger partial charge in [0.15, 0.2) is 0 Å². The van der Waals surface area contributed by atoms with E-state index in [2.05, 4.69) is 16.7 Å². The second-order valence-electron chi connectivity index (χ2n) is 5.10. The molecule has 98 valence electrons. The van der Waals surface area contributed by atoms with Crippen molar-refractivity contribution in [2.45, 2.75) is 44.2 Å². The minimum Gasteiger partial charge on any atom is -0.352 e. The van der Waals surface area contributed by atoms with Crippen molar-refractivity contribution in [1.29, 1.82) is 0 Å². The Kier molecular flexibility index (Phi) is 3.59. The number of aryl methyl sites for hydroxylation is 1. The Labute approximate surface area is 116 Å². The topological polar surface area (TPSA) is 41.1 Å². The van der Waals surface area contributed by atoms with Gasteiger partial charge in [0, 0.05) is 17.0 Å². The molecule has 5 heteroatoms. The van der Waals surface area contributed by atoms with Crippen LogP contribution in [0.25, 0.3) is 0 Å². The highest BCUT2D eigenvalue weighted by Crippen LogP contribution is 2.37. The molecule has 2 aliphatic rings. The standard InChI is InChI=1S/C13H17ClN2OS/c14-12-6-9-10(2-1-3-11(9)18-12)15-7-13(17)16-8-4-5-8/h6,8,10,15H,1-5,7H2,(H,16,17). The Morgan fingerprint density at radius 2 is 2.28 bits per heavy atom. The second-order valence-corrected chi connectivity index (χ2v) is 6.86. The van der Waals surface area contributed by atoms with E-state index in [-0.39, 0.29) is 5.91 Å². The summed E-state index contributed by atoms with van der Waals surface area (Å²) in [5.41, 5.74) is 1.30. The predicted octanol–water partition coefficient (Wildman–Crippen LogP) is 2.65. The predicted molar refractivity (Wildman–Crippen MR) is 74.2 cm³/mol. The molecule has 2 aliphatic carbocycles. The van der Waals surface area contributed by atoms with Crippen molar-refractivity contribution in [3.05, 3.63) is 20.8 Å². The smallest absolute Gasteiger partial charge is 0.234 e. The van der Waals surface area contributed by atoms with Crippen LogP contribution in [0.2, 0.25) is 4.34 Å². The first-order chi connectivity index (χ1) is 8.72. The second kappa shape index (κ2) is 5.19. The first-order valence-corrected chi connectivity index (χ1v) is 7.72. The molecule has 0 spiro atoms. The Balaban J connectivity index is 1.57. The van der Waals surface area contributed by atoms with Crippen LogP contribution in [0, 0.1) is 0 Å². The van der Waals surface area contributed by atoms with Crippen molar-refractivity contribution < 1.29 is 4.79 Å². The molecule has 18 heavy (non-hydrogen) atoms. The summed E-state index contributed by atoms with van der Waals surface area (Å²) >= 11 is 7.74. The molecular weight excluding hydrogens is 268 g/mol. The molecule has 1 amide bonds. The summed E-state index contributed by atoms with van der Waals surface area (Å²) in [6.07, 6.45) is 5.67. The van der Waals surface area contributed by atoms with Crippen LogP contribution in [-0.2, 0) is 11.2 Å². The van der Waals surface area contributed by atoms with E-state index >= 15 is 0 Å². The van der Waals surface area contributed by atoms with Crippen LogP contribution >= 0.6 is 22.9 Å². The SMILES string of the molecule is O=C(CNC1CCCc2sc(Cl)cc21)NC1CC1. The number of amides is 1. The Hall–Kier alpha value is -0.580. The first-order valence-electron chi connectivity index (χ1n) is 6.53. The van der Waals surface area contributed by atoms with E-state index in [1.165, 1.54) is 16.9 Å². The molecular formula is C13H17ClN2OS. The van der Waals surface area contributed by atoms with Gasteiger partial charge in [-0.3, -0.25) is 4.79 Å². The molecule has 1 saturated carbocycles. The van der Waals surface area contributed by atoms with Gasteiger partial charge in [-0.15, -0.1) is 11.3 Å². The number of halogens is 1. The van der Waals surface area contributed by atoms with Gasteiger partial charge in [0.05, 0.1) is 10.9 Å². The van der Waals surface area contributed by atoms with E-state index in [1.54, 1.807) is 11.3 Å². The fourth-order valence-electron chi connectivity index (χ4n) is 2.46. The number of nitrogens with one attached hydrogen (secondary N) is 2. The lowest BCUT2D eigenvalue weighted by atomic mass is 9.94. The summed E-state index contributed by atoms with van der Waals surface area (Å²) in [6.45, 7) is 0.411. The summed E-state index contributed by atoms with van der Waals surface area (Å²) in [4.78, 5) is 13.0. The molecule has 1 atom stereocenters. The summed E-state index contributed by atoms with van der Waals surface area (Å²) in [5, 5.41) is 6.36. The average Bonchev–Trinajstić information content (AvgIpc) is 3.05. The summed E-state index contributed by atoms with van der Waals surface area (Å²) < 4.78 is 0.858. The van der Waals surface area contributed by atoms with Gasteiger partial charge in [0.2, 0.25) is 5.91 Å². The molecule has 0 saturated heterocycles. The molecule has 0 aliphatic heterocycles. The van der Waals surface area contributed by atoms with Crippen molar-refractivity contribution in [3.8, 4) is 0 Å². The number of hydrogen-bond acceptors (Lipinski definition) is 3. The zero-order chi connectivity index (χ0) is 12.5. The number of fused-ring (bicyclic) bond motifs is 1. The van der Waals surface area contributed by atoms with Gasteiger partial charge < -0.3 is 10.6 Å². The molecule has 0 bridgehead atoms. The Bertz CT molecular complexity index is 456. The minimum absolute atomic E-state index is 0.117. The van der Waals surface area contributed by atoms with E-state index < -0.39 is 0 Å². The fraction of sp³-hybridized carbons (Fsp3) is 0.615. The quantitative estimate of drug-likeness (QED) is 0.892. The van der Waals surface area contributed by atoms with Crippen molar-refractivity contribution in [2.24, 2.45) is 0 Å². The van der Waals surface area contributed by atoms with Gasteiger partial charge in [-0.05, 0) is 43.7 Å². The van der Waals surface area contributed by atoms with Crippen LogP contribution in [0.3, 0.4) is 0 Å². The third-order valence-electron chi connectivity index (χ3n) is 3.54. The maximum absolute atomic E-state index is 11.7. The number of thiophene rings is 1. The van der Waals surface area contributed by atoms with Crippen molar-refractivity contribution in [3.63, 3.8) is 0 Å². The van der Waals surface area contributed by atoms with Gasteiger partial charge in [0.25, 0.3) is 0 Å². The normalized spacial score (nSPS) is 22.6. The third kappa shape index (κ3) is 2.87. The highest BCUT2D eigenvalue weighted by atomic mass is 35.5. The highest BCUT2D eigenvalue weighted by molar-refractivity contribution is 7.16. The third-order valence-corrected chi connectivity index (χ3v) is 4.87. The van der Waals surface area contributed by atoms with Gasteiger partial charge in [-0.2, -0.15) is 0 Å². The molecule has 1 aromatic rings. The van der Waals surface area contributed by atoms with Gasteiger partial charge >= 0.3 is 0 Å². The molecule has 1 heterocycles. The van der Waals surface area contributed by atoms with E-state index in [4.69, 9.17) is 11.6 Å². The van der Waals surface area contributed by atoms with Crippen LogP contribution in [0.4, 0.5) is 0 Å².